The van der Waals surface area contributed by atoms with Crippen molar-refractivity contribution in [2.24, 2.45) is 11.8 Å². The van der Waals surface area contributed by atoms with E-state index in [1.165, 1.54) is 4.90 Å². The number of quaternary nitrogens is 1. The van der Waals surface area contributed by atoms with Crippen molar-refractivity contribution in [2.75, 3.05) is 32.2 Å². The molecule has 0 saturated carbocycles. The normalized spacial score (nSPS) is 20.9. The number of aromatic nitrogens is 1. The molecule has 4 aromatic rings. The third-order valence-electron chi connectivity index (χ3n) is 7.23. The summed E-state index contributed by atoms with van der Waals surface area (Å²) in [4.78, 5) is 5.71. The smallest absolute Gasteiger partial charge is 0.236 e. The van der Waals surface area contributed by atoms with Crippen molar-refractivity contribution in [3.63, 3.8) is 0 Å². The van der Waals surface area contributed by atoms with Crippen molar-refractivity contribution in [1.82, 2.24) is 4.98 Å². The second-order valence-corrected chi connectivity index (χ2v) is 9.57. The van der Waals surface area contributed by atoms with Gasteiger partial charge < -0.3 is 23.9 Å². The summed E-state index contributed by atoms with van der Waals surface area (Å²) in [5.41, 5.74) is -0.403. The van der Waals surface area contributed by atoms with E-state index in [9.17, 15) is 9.50 Å². The van der Waals surface area contributed by atoms with Crippen LogP contribution in [0, 0.1) is 11.8 Å². The molecule has 1 saturated heterocycles. The van der Waals surface area contributed by atoms with Crippen molar-refractivity contribution in [3.8, 4) is 17.2 Å². The van der Waals surface area contributed by atoms with Crippen molar-refractivity contribution in [3.05, 3.63) is 108 Å². The molecule has 6 nitrogen and oxygen atoms in total. The first kappa shape index (κ1) is 26.4. The van der Waals surface area contributed by atoms with E-state index in [4.69, 9.17) is 13.9 Å². The first-order valence-electron chi connectivity index (χ1n) is 12.6. The van der Waals surface area contributed by atoms with E-state index in [1.807, 2.05) is 84.7 Å². The van der Waals surface area contributed by atoms with Crippen LogP contribution in [0.25, 0.3) is 0 Å². The van der Waals surface area contributed by atoms with Crippen molar-refractivity contribution >= 4 is 15.9 Å². The molecule has 2 N–H and O–H groups in total. The van der Waals surface area contributed by atoms with E-state index >= 15 is 0 Å². The van der Waals surface area contributed by atoms with Crippen molar-refractivity contribution < 1.29 is 28.3 Å². The maximum atomic E-state index is 13.8. The van der Waals surface area contributed by atoms with Crippen molar-refractivity contribution in [1.29, 1.82) is 0 Å². The Morgan fingerprint density at radius 1 is 0.947 bits per heavy atom. The summed E-state index contributed by atoms with van der Waals surface area (Å²) in [5, 5.41) is 12.0. The van der Waals surface area contributed by atoms with Crippen LogP contribution in [0.1, 0.15) is 22.8 Å². The largest absolute Gasteiger partial charge is 0.493 e. The molecule has 2 aliphatic heterocycles. The number of ether oxygens (including phenoxy) is 2. The minimum Gasteiger partial charge on any atom is -0.493 e. The predicted molar refractivity (Wildman–Crippen MR) is 146 cm³/mol. The second kappa shape index (κ2) is 11.7. The predicted octanol–water partition coefficient (Wildman–Crippen LogP) is 4.76. The van der Waals surface area contributed by atoms with Gasteiger partial charge in [-0.1, -0.05) is 70.5 Å². The number of hydrogen-bond donors (Lipinski definition) is 2. The molecule has 198 valence electrons. The Morgan fingerprint density at radius 2 is 1.55 bits per heavy atom. The van der Waals surface area contributed by atoms with Gasteiger partial charge in [0, 0.05) is 17.0 Å². The Kier molecular flexibility index (Phi) is 8.12. The number of benzene rings is 3. The number of alkyl halides is 2. The molecule has 1 fully saturated rings. The SMILES string of the molecule is CBr.OC1(c2ncc(C[NH+]3CC(CF)[C@H](COc4ccccc4)C3)o2)c2ccccc2Oc2ccccc21. The zero-order valence-corrected chi connectivity index (χ0v) is 22.7. The minimum absolute atomic E-state index is 0.0652. The van der Waals surface area contributed by atoms with E-state index < -0.39 is 5.60 Å². The summed E-state index contributed by atoms with van der Waals surface area (Å²) in [6.07, 6.45) is 1.67. The van der Waals surface area contributed by atoms with Gasteiger partial charge in [-0.25, -0.2) is 4.98 Å². The highest BCUT2D eigenvalue weighted by molar-refractivity contribution is 9.08. The molecule has 0 spiro atoms. The molecule has 0 amide bonds. The molecule has 0 aliphatic carbocycles. The molecule has 38 heavy (non-hydrogen) atoms. The van der Waals surface area contributed by atoms with Gasteiger partial charge in [0.05, 0.1) is 38.5 Å². The number of nitrogens with one attached hydrogen (secondary N) is 1. The minimum atomic E-state index is -1.57. The van der Waals surface area contributed by atoms with Gasteiger partial charge in [0.1, 0.15) is 23.8 Å². The Bertz CT molecular complexity index is 1300. The number of fused-ring (bicyclic) bond motifs is 2. The van der Waals surface area contributed by atoms with E-state index in [0.29, 0.717) is 48.1 Å². The molecule has 3 heterocycles. The standard InChI is InChI=1S/C29H27FN2O4.CH3Br/c30-14-20-16-32(17-21(20)19-34-22-8-2-1-3-9-22)18-23-15-31-28(35-23)29(33)24-10-4-6-12-26(24)36-27-13-7-5-11-25(27)29;1-2/h1-13,15,20-21,33H,14,16-19H2;1H3/p+1/t20?,21-;/m0./s1. The van der Waals surface area contributed by atoms with Crippen LogP contribution < -0.4 is 14.4 Å². The zero-order valence-electron chi connectivity index (χ0n) is 21.1. The third kappa shape index (κ3) is 5.08. The van der Waals surface area contributed by atoms with Crippen LogP contribution in [0.4, 0.5) is 4.39 Å². The van der Waals surface area contributed by atoms with Gasteiger partial charge in [-0.05, 0) is 30.1 Å². The number of halogens is 2. The van der Waals surface area contributed by atoms with Crippen LogP contribution in [-0.4, -0.2) is 42.3 Å². The fourth-order valence-electron chi connectivity index (χ4n) is 5.40. The number of rotatable bonds is 7. The highest BCUT2D eigenvalue weighted by Crippen LogP contribution is 2.49. The molecule has 2 unspecified atom stereocenters. The Labute approximate surface area is 230 Å². The monoisotopic (exact) mass is 581 g/mol. The highest BCUT2D eigenvalue weighted by Gasteiger charge is 2.46. The lowest BCUT2D eigenvalue weighted by Crippen LogP contribution is -3.09. The average Bonchev–Trinajstić information content (AvgIpc) is 3.61. The van der Waals surface area contributed by atoms with Gasteiger partial charge in [-0.2, -0.15) is 0 Å². The number of hydrogen-bond acceptors (Lipinski definition) is 5. The van der Waals surface area contributed by atoms with Crippen LogP contribution in [0.15, 0.2) is 89.5 Å². The number of aliphatic hydroxyl groups is 1. The lowest BCUT2D eigenvalue weighted by molar-refractivity contribution is -0.905. The van der Waals surface area contributed by atoms with E-state index in [0.717, 1.165) is 12.3 Å². The maximum absolute atomic E-state index is 13.8. The molecule has 8 heteroatoms. The summed E-state index contributed by atoms with van der Waals surface area (Å²) in [6.45, 7) is 2.14. The zero-order chi connectivity index (χ0) is 26.5. The second-order valence-electron chi connectivity index (χ2n) is 9.57. The van der Waals surface area contributed by atoms with E-state index in [2.05, 4.69) is 20.9 Å². The average molecular weight is 582 g/mol. The molecule has 0 bridgehead atoms. The van der Waals surface area contributed by atoms with Crippen LogP contribution >= 0.6 is 15.9 Å². The van der Waals surface area contributed by atoms with Gasteiger partial charge in [-0.3, -0.25) is 4.39 Å². The topological polar surface area (TPSA) is 69.2 Å². The Morgan fingerprint density at radius 3 is 2.21 bits per heavy atom. The lowest BCUT2D eigenvalue weighted by Gasteiger charge is -2.33. The first-order chi connectivity index (χ1) is 18.6. The third-order valence-corrected chi connectivity index (χ3v) is 7.23. The molecule has 3 atom stereocenters. The summed E-state index contributed by atoms with van der Waals surface area (Å²) >= 11 is 2.94. The molecular weight excluding hydrogens is 551 g/mol. The van der Waals surface area contributed by atoms with E-state index in [1.54, 1.807) is 6.20 Å². The van der Waals surface area contributed by atoms with Crippen LogP contribution in [0.2, 0.25) is 0 Å². The molecule has 1 aromatic heterocycles. The first-order valence-corrected chi connectivity index (χ1v) is 14.2. The van der Waals surface area contributed by atoms with Crippen LogP contribution in [0.3, 0.4) is 0 Å². The van der Waals surface area contributed by atoms with Gasteiger partial charge in [0.15, 0.2) is 11.4 Å². The van der Waals surface area contributed by atoms with Gasteiger partial charge in [0.2, 0.25) is 5.89 Å². The summed E-state index contributed by atoms with van der Waals surface area (Å²) in [6, 6.07) is 24.4. The van der Waals surface area contributed by atoms with E-state index in [-0.39, 0.29) is 24.4 Å². The van der Waals surface area contributed by atoms with Gasteiger partial charge in [-0.15, -0.1) is 0 Å². The summed E-state index contributed by atoms with van der Waals surface area (Å²) in [5.74, 6) is 4.64. The molecular formula is C30H31BrFN2O4+. The molecule has 0 radical (unpaired) electrons. The summed E-state index contributed by atoms with van der Waals surface area (Å²) < 4.78 is 31.9. The van der Waals surface area contributed by atoms with Gasteiger partial charge >= 0.3 is 0 Å². The fourth-order valence-corrected chi connectivity index (χ4v) is 5.40. The number of para-hydroxylation sites is 3. The number of likely N-dealkylation sites (tertiary alicyclic amines) is 1. The Balaban J connectivity index is 0.00000144. The Hall–Kier alpha value is -3.20. The fraction of sp³-hybridized carbons (Fsp3) is 0.300. The van der Waals surface area contributed by atoms with Crippen molar-refractivity contribution in [2.45, 2.75) is 12.1 Å². The molecule has 2 aliphatic rings. The number of nitrogens with zero attached hydrogens (tertiary/aromatic N) is 1. The maximum Gasteiger partial charge on any atom is 0.236 e. The van der Waals surface area contributed by atoms with Gasteiger partial charge in [0.25, 0.3) is 0 Å². The van der Waals surface area contributed by atoms with Crippen LogP contribution in [-0.2, 0) is 12.1 Å². The summed E-state index contributed by atoms with van der Waals surface area (Å²) in [7, 11) is 0. The molecule has 3 aromatic carbocycles. The highest BCUT2D eigenvalue weighted by atomic mass is 79.9. The van der Waals surface area contributed by atoms with Crippen LogP contribution in [0.5, 0.6) is 17.2 Å². The number of oxazole rings is 1. The quantitative estimate of drug-likeness (QED) is 0.308. The molecule has 6 rings (SSSR count). The lowest BCUT2D eigenvalue weighted by atomic mass is 9.83.